The third-order valence-corrected chi connectivity index (χ3v) is 5.94. The molecule has 0 radical (unpaired) electrons. The van der Waals surface area contributed by atoms with E-state index in [1.54, 1.807) is 22.3 Å². The predicted molar refractivity (Wildman–Crippen MR) is 144 cm³/mol. The number of benzene rings is 2. The molecule has 0 unspecified atom stereocenters. The summed E-state index contributed by atoms with van der Waals surface area (Å²) in [7, 11) is 0. The van der Waals surface area contributed by atoms with Gasteiger partial charge in [0, 0.05) is 30.8 Å². The minimum atomic E-state index is 0.488. The standard InChI is InChI=1S/C23H21N5O.C6H9NO/c1-2-11-28(16-29)14-23-24-13-22(27-23)19-8-5-17(6-9-19)3-4-18-7-10-20-21(12-18)26-15-25-20;1-6-2-3-7(4-6)5-8/h5-10,12-13,15-16H,2,11,14H2,1H3,(H,24,27)(H,25,26);5H,1-4H2. The van der Waals surface area contributed by atoms with Crippen LogP contribution in [0.25, 0.3) is 22.3 Å². The Bertz CT molecular complexity index is 1420. The molecule has 2 aromatic heterocycles. The number of aromatic nitrogens is 4. The molecule has 0 bridgehead atoms. The molecule has 2 amide bonds. The quantitative estimate of drug-likeness (QED) is 0.229. The average molecular weight is 495 g/mol. The van der Waals surface area contributed by atoms with Gasteiger partial charge in [0.15, 0.2) is 0 Å². The molecular formula is C29H30N6O2. The van der Waals surface area contributed by atoms with E-state index in [0.717, 1.165) is 90.1 Å². The summed E-state index contributed by atoms with van der Waals surface area (Å²) in [5.41, 5.74) is 6.91. The smallest absolute Gasteiger partial charge is 0.210 e. The molecule has 188 valence electrons. The molecule has 1 aliphatic heterocycles. The van der Waals surface area contributed by atoms with Crippen LogP contribution >= 0.6 is 0 Å². The zero-order valence-corrected chi connectivity index (χ0v) is 20.9. The first-order chi connectivity index (χ1) is 18.1. The van der Waals surface area contributed by atoms with E-state index in [1.807, 2.05) is 49.4 Å². The zero-order valence-electron chi connectivity index (χ0n) is 20.9. The van der Waals surface area contributed by atoms with Crippen molar-refractivity contribution in [1.29, 1.82) is 0 Å². The number of hydrogen-bond donors (Lipinski definition) is 2. The number of fused-ring (bicyclic) bond motifs is 1. The number of aromatic amines is 2. The molecule has 2 aromatic carbocycles. The largest absolute Gasteiger partial charge is 0.345 e. The second kappa shape index (κ2) is 12.4. The van der Waals surface area contributed by atoms with E-state index in [1.165, 1.54) is 0 Å². The van der Waals surface area contributed by atoms with Gasteiger partial charge in [0.2, 0.25) is 12.8 Å². The Hall–Kier alpha value is -4.64. The normalized spacial score (nSPS) is 12.5. The van der Waals surface area contributed by atoms with Crippen LogP contribution in [-0.4, -0.2) is 62.2 Å². The number of carbonyl (C=O) groups excluding carboxylic acids is 2. The van der Waals surface area contributed by atoms with E-state index < -0.39 is 0 Å². The van der Waals surface area contributed by atoms with Gasteiger partial charge < -0.3 is 19.8 Å². The second-order valence-corrected chi connectivity index (χ2v) is 8.86. The fourth-order valence-corrected chi connectivity index (χ4v) is 3.97. The average Bonchev–Trinajstić information content (AvgIpc) is 3.68. The van der Waals surface area contributed by atoms with Crippen molar-refractivity contribution >= 4 is 23.9 Å². The Labute approximate surface area is 216 Å². The summed E-state index contributed by atoms with van der Waals surface area (Å²) in [5, 5.41) is 0. The van der Waals surface area contributed by atoms with Crippen LogP contribution in [0, 0.1) is 11.8 Å². The number of rotatable bonds is 7. The molecule has 1 saturated heterocycles. The lowest BCUT2D eigenvalue weighted by Crippen LogP contribution is -2.22. The van der Waals surface area contributed by atoms with Gasteiger partial charge in [0.1, 0.15) is 5.82 Å². The maximum absolute atomic E-state index is 11.1. The van der Waals surface area contributed by atoms with E-state index >= 15 is 0 Å². The summed E-state index contributed by atoms with van der Waals surface area (Å²) in [6, 6.07) is 13.9. The fourth-order valence-electron chi connectivity index (χ4n) is 3.97. The topological polar surface area (TPSA) is 98.0 Å². The Morgan fingerprint density at radius 1 is 1.11 bits per heavy atom. The lowest BCUT2D eigenvalue weighted by atomic mass is 10.1. The molecule has 8 heteroatoms. The van der Waals surface area contributed by atoms with E-state index in [9.17, 15) is 9.59 Å². The van der Waals surface area contributed by atoms with Crippen molar-refractivity contribution in [3.8, 4) is 23.1 Å². The number of amides is 2. The minimum absolute atomic E-state index is 0.488. The molecule has 0 atom stereocenters. The number of likely N-dealkylation sites (tertiary alicyclic amines) is 1. The van der Waals surface area contributed by atoms with Crippen LogP contribution in [0.5, 0.6) is 0 Å². The highest BCUT2D eigenvalue weighted by Gasteiger charge is 2.11. The number of nitrogens with zero attached hydrogens (tertiary/aromatic N) is 4. The van der Waals surface area contributed by atoms with E-state index in [0.29, 0.717) is 6.54 Å². The summed E-state index contributed by atoms with van der Waals surface area (Å²) in [6.45, 7) is 8.64. The van der Waals surface area contributed by atoms with Crippen LogP contribution < -0.4 is 0 Å². The Balaban J connectivity index is 0.000000342. The number of carbonyl (C=O) groups is 2. The second-order valence-electron chi connectivity index (χ2n) is 8.86. The third-order valence-electron chi connectivity index (χ3n) is 5.94. The first-order valence-electron chi connectivity index (χ1n) is 12.2. The predicted octanol–water partition coefficient (Wildman–Crippen LogP) is 4.13. The molecule has 4 aromatic rings. The summed E-state index contributed by atoms with van der Waals surface area (Å²) >= 11 is 0. The van der Waals surface area contributed by atoms with Gasteiger partial charge in [0.05, 0.1) is 35.8 Å². The SMILES string of the molecule is C=C1CCN(C=O)C1.CCCN(C=O)Cc1ncc(-c2ccc(C#Cc3ccc4nc[nH]c4c3)cc2)[nH]1. The van der Waals surface area contributed by atoms with Crippen molar-refractivity contribution in [2.45, 2.75) is 26.3 Å². The number of imidazole rings is 2. The molecule has 0 spiro atoms. The van der Waals surface area contributed by atoms with Crippen molar-refractivity contribution in [1.82, 2.24) is 29.7 Å². The Kier molecular flexibility index (Phi) is 8.50. The van der Waals surface area contributed by atoms with E-state index in [-0.39, 0.29) is 0 Å². The number of hydrogen-bond acceptors (Lipinski definition) is 4. The van der Waals surface area contributed by atoms with Gasteiger partial charge in [0.25, 0.3) is 0 Å². The highest BCUT2D eigenvalue weighted by atomic mass is 16.1. The molecule has 0 aliphatic carbocycles. The van der Waals surface area contributed by atoms with Crippen molar-refractivity contribution < 1.29 is 9.59 Å². The molecule has 5 rings (SSSR count). The number of nitrogens with one attached hydrogen (secondary N) is 2. The van der Waals surface area contributed by atoms with Gasteiger partial charge in [-0.1, -0.05) is 43.0 Å². The molecule has 1 fully saturated rings. The van der Waals surface area contributed by atoms with Crippen LogP contribution in [0.1, 0.15) is 36.7 Å². The van der Waals surface area contributed by atoms with Gasteiger partial charge >= 0.3 is 0 Å². The minimum Gasteiger partial charge on any atom is -0.345 e. The molecule has 8 nitrogen and oxygen atoms in total. The van der Waals surface area contributed by atoms with Crippen LogP contribution in [0.4, 0.5) is 0 Å². The van der Waals surface area contributed by atoms with Crippen LogP contribution in [0.2, 0.25) is 0 Å². The van der Waals surface area contributed by atoms with E-state index in [4.69, 9.17) is 0 Å². The van der Waals surface area contributed by atoms with Gasteiger partial charge in [-0.25, -0.2) is 9.97 Å². The summed E-state index contributed by atoms with van der Waals surface area (Å²) < 4.78 is 0. The highest BCUT2D eigenvalue weighted by molar-refractivity contribution is 5.76. The van der Waals surface area contributed by atoms with Gasteiger partial charge in [-0.2, -0.15) is 0 Å². The summed E-state index contributed by atoms with van der Waals surface area (Å²) in [4.78, 5) is 39.6. The Morgan fingerprint density at radius 3 is 2.57 bits per heavy atom. The zero-order chi connectivity index (χ0) is 26.0. The van der Waals surface area contributed by atoms with Crippen LogP contribution in [0.15, 0.2) is 67.1 Å². The summed E-state index contributed by atoms with van der Waals surface area (Å²) in [5.74, 6) is 7.16. The lowest BCUT2D eigenvalue weighted by Gasteiger charge is -2.13. The Morgan fingerprint density at radius 2 is 1.89 bits per heavy atom. The summed E-state index contributed by atoms with van der Waals surface area (Å²) in [6.07, 6.45) is 7.12. The highest BCUT2D eigenvalue weighted by Crippen LogP contribution is 2.18. The fraction of sp³-hybridized carbons (Fsp3) is 0.241. The van der Waals surface area contributed by atoms with Crippen molar-refractivity contribution in [2.24, 2.45) is 0 Å². The molecular weight excluding hydrogens is 464 g/mol. The van der Waals surface area contributed by atoms with Gasteiger partial charge in [-0.15, -0.1) is 0 Å². The molecule has 0 saturated carbocycles. The van der Waals surface area contributed by atoms with Gasteiger partial charge in [-0.05, 0) is 48.7 Å². The maximum Gasteiger partial charge on any atom is 0.210 e. The van der Waals surface area contributed by atoms with Crippen molar-refractivity contribution in [3.05, 3.63) is 84.1 Å². The van der Waals surface area contributed by atoms with E-state index in [2.05, 4.69) is 38.4 Å². The van der Waals surface area contributed by atoms with Crippen molar-refractivity contribution in [2.75, 3.05) is 19.6 Å². The maximum atomic E-state index is 11.1. The third kappa shape index (κ3) is 6.95. The lowest BCUT2D eigenvalue weighted by molar-refractivity contribution is -0.119. The number of H-pyrrole nitrogens is 2. The monoisotopic (exact) mass is 494 g/mol. The molecule has 3 heterocycles. The van der Waals surface area contributed by atoms with Crippen LogP contribution in [-0.2, 0) is 16.1 Å². The van der Waals surface area contributed by atoms with Crippen molar-refractivity contribution in [3.63, 3.8) is 0 Å². The molecule has 37 heavy (non-hydrogen) atoms. The molecule has 1 aliphatic rings. The first kappa shape index (κ1) is 25.5. The van der Waals surface area contributed by atoms with Gasteiger partial charge in [-0.3, -0.25) is 9.59 Å². The van der Waals surface area contributed by atoms with Crippen LogP contribution in [0.3, 0.4) is 0 Å². The molecule has 2 N–H and O–H groups in total. The first-order valence-corrected chi connectivity index (χ1v) is 12.2.